The van der Waals surface area contributed by atoms with Gasteiger partial charge in [-0.2, -0.15) is 0 Å². The largest absolute Gasteiger partial charge is 0.476 e. The summed E-state index contributed by atoms with van der Waals surface area (Å²) in [6, 6.07) is 3.05. The number of carbonyl (C=O) groups is 1. The molecule has 1 fully saturated rings. The zero-order valence-electron chi connectivity index (χ0n) is 11.3. The van der Waals surface area contributed by atoms with Crippen molar-refractivity contribution in [1.82, 2.24) is 15.1 Å². The van der Waals surface area contributed by atoms with Gasteiger partial charge in [-0.3, -0.25) is 0 Å². The second kappa shape index (κ2) is 7.16. The number of hydrogen-bond donors (Lipinski definition) is 3. The number of hydrogen-bond acceptors (Lipinski definition) is 6. The van der Waals surface area contributed by atoms with Crippen LogP contribution < -0.4 is 5.32 Å². The predicted octanol–water partition coefficient (Wildman–Crippen LogP) is 0.291. The first-order valence-corrected chi connectivity index (χ1v) is 6.83. The third kappa shape index (κ3) is 4.14. The second-order valence-electron chi connectivity index (χ2n) is 5.03. The lowest BCUT2D eigenvalue weighted by molar-refractivity contribution is 0.0689. The molecule has 3 N–H and O–H groups in total. The molecule has 2 heterocycles. The summed E-state index contributed by atoms with van der Waals surface area (Å²) < 4.78 is 0. The van der Waals surface area contributed by atoms with Crippen LogP contribution in [0.25, 0.3) is 0 Å². The van der Waals surface area contributed by atoms with Crippen LogP contribution >= 0.6 is 0 Å². The van der Waals surface area contributed by atoms with E-state index in [4.69, 9.17) is 5.11 Å². The quantitative estimate of drug-likeness (QED) is 0.689. The SMILES string of the molecule is O=C(O)c1ccc(NCCN2CCCC(CO)C2)nn1. The number of carboxylic acid groups (broad SMARTS) is 1. The van der Waals surface area contributed by atoms with Gasteiger partial charge < -0.3 is 20.4 Å². The van der Waals surface area contributed by atoms with E-state index in [-0.39, 0.29) is 12.3 Å². The molecular formula is C13H20N4O3. The molecule has 0 bridgehead atoms. The van der Waals surface area contributed by atoms with Crippen molar-refractivity contribution in [3.05, 3.63) is 17.8 Å². The van der Waals surface area contributed by atoms with Gasteiger partial charge in [0.2, 0.25) is 0 Å². The Morgan fingerprint density at radius 1 is 1.45 bits per heavy atom. The molecule has 0 radical (unpaired) electrons. The van der Waals surface area contributed by atoms with Crippen molar-refractivity contribution in [2.75, 3.05) is 38.1 Å². The lowest BCUT2D eigenvalue weighted by Crippen LogP contribution is -2.39. The number of carboxylic acids is 1. The van der Waals surface area contributed by atoms with Crippen LogP contribution in [0.15, 0.2) is 12.1 Å². The fraction of sp³-hybridized carbons (Fsp3) is 0.615. The molecule has 1 atom stereocenters. The van der Waals surface area contributed by atoms with Crippen LogP contribution in [-0.4, -0.2) is 64.1 Å². The molecule has 0 saturated carbocycles. The zero-order valence-corrected chi connectivity index (χ0v) is 11.3. The van der Waals surface area contributed by atoms with Gasteiger partial charge in [-0.1, -0.05) is 0 Å². The third-order valence-corrected chi connectivity index (χ3v) is 3.48. The van der Waals surface area contributed by atoms with Crippen LogP contribution in [0.5, 0.6) is 0 Å². The third-order valence-electron chi connectivity index (χ3n) is 3.48. The van der Waals surface area contributed by atoms with Crippen LogP contribution in [0.4, 0.5) is 5.82 Å². The molecule has 7 heteroatoms. The highest BCUT2D eigenvalue weighted by Crippen LogP contribution is 2.15. The molecule has 1 aromatic rings. The van der Waals surface area contributed by atoms with E-state index in [0.29, 0.717) is 11.7 Å². The van der Waals surface area contributed by atoms with Crippen LogP contribution in [0, 0.1) is 5.92 Å². The first kappa shape index (κ1) is 14.7. The van der Waals surface area contributed by atoms with Gasteiger partial charge in [0.1, 0.15) is 5.82 Å². The van der Waals surface area contributed by atoms with Crippen LogP contribution in [-0.2, 0) is 0 Å². The first-order chi connectivity index (χ1) is 9.69. The average Bonchev–Trinajstić information content (AvgIpc) is 2.48. The normalized spacial score (nSPS) is 19.8. The Morgan fingerprint density at radius 2 is 2.30 bits per heavy atom. The molecule has 1 aliphatic heterocycles. The van der Waals surface area contributed by atoms with Crippen molar-refractivity contribution >= 4 is 11.8 Å². The summed E-state index contributed by atoms with van der Waals surface area (Å²) in [6.07, 6.45) is 2.22. The maximum absolute atomic E-state index is 10.6. The highest BCUT2D eigenvalue weighted by molar-refractivity contribution is 5.85. The van der Waals surface area contributed by atoms with Gasteiger partial charge in [-0.15, -0.1) is 10.2 Å². The van der Waals surface area contributed by atoms with Gasteiger partial charge in [0.25, 0.3) is 0 Å². The minimum Gasteiger partial charge on any atom is -0.476 e. The number of rotatable bonds is 6. The maximum Gasteiger partial charge on any atom is 0.356 e. The van der Waals surface area contributed by atoms with Gasteiger partial charge in [-0.05, 0) is 37.4 Å². The van der Waals surface area contributed by atoms with E-state index in [0.717, 1.165) is 39.0 Å². The fourth-order valence-electron chi connectivity index (χ4n) is 2.39. The number of piperidine rings is 1. The summed E-state index contributed by atoms with van der Waals surface area (Å²) in [6.45, 7) is 3.84. The van der Waals surface area contributed by atoms with Crippen molar-refractivity contribution < 1.29 is 15.0 Å². The number of aromatic nitrogens is 2. The predicted molar refractivity (Wildman–Crippen MR) is 73.7 cm³/mol. The second-order valence-corrected chi connectivity index (χ2v) is 5.03. The molecule has 1 aliphatic rings. The number of aliphatic hydroxyl groups is 1. The number of anilines is 1. The van der Waals surface area contributed by atoms with Crippen molar-refractivity contribution in [3.8, 4) is 0 Å². The van der Waals surface area contributed by atoms with Gasteiger partial charge in [-0.25, -0.2) is 4.79 Å². The molecule has 1 unspecified atom stereocenters. The topological polar surface area (TPSA) is 98.6 Å². The average molecular weight is 280 g/mol. The van der Waals surface area contributed by atoms with Crippen molar-refractivity contribution in [2.45, 2.75) is 12.8 Å². The standard InChI is InChI=1S/C13H20N4O3/c18-9-10-2-1-6-17(8-10)7-5-14-12-4-3-11(13(19)20)15-16-12/h3-4,10,18H,1-2,5-9H2,(H,14,16)(H,19,20). The first-order valence-electron chi connectivity index (χ1n) is 6.83. The van der Waals surface area contributed by atoms with Crippen molar-refractivity contribution in [1.29, 1.82) is 0 Å². The summed E-state index contributed by atoms with van der Waals surface area (Å²) in [5.74, 6) is -0.114. The summed E-state index contributed by atoms with van der Waals surface area (Å²) in [5, 5.41) is 28.4. The van der Waals surface area contributed by atoms with Crippen LogP contribution in [0.2, 0.25) is 0 Å². The molecule has 0 amide bonds. The monoisotopic (exact) mass is 280 g/mol. The van der Waals surface area contributed by atoms with E-state index >= 15 is 0 Å². The maximum atomic E-state index is 10.6. The van der Waals surface area contributed by atoms with E-state index in [1.165, 1.54) is 6.07 Å². The Hall–Kier alpha value is -1.73. The van der Waals surface area contributed by atoms with Crippen molar-refractivity contribution in [2.24, 2.45) is 5.92 Å². The molecule has 20 heavy (non-hydrogen) atoms. The molecule has 0 aromatic carbocycles. The van der Waals surface area contributed by atoms with E-state index in [1.807, 2.05) is 0 Å². The Kier molecular flexibility index (Phi) is 5.25. The zero-order chi connectivity index (χ0) is 14.4. The Balaban J connectivity index is 1.74. The van der Waals surface area contributed by atoms with E-state index in [1.54, 1.807) is 6.07 Å². The lowest BCUT2D eigenvalue weighted by atomic mass is 9.99. The van der Waals surface area contributed by atoms with E-state index < -0.39 is 5.97 Å². The number of nitrogens with zero attached hydrogens (tertiary/aromatic N) is 3. The highest BCUT2D eigenvalue weighted by Gasteiger charge is 2.18. The van der Waals surface area contributed by atoms with Crippen LogP contribution in [0.3, 0.4) is 0 Å². The van der Waals surface area contributed by atoms with E-state index in [9.17, 15) is 9.90 Å². The molecule has 0 spiro atoms. The Bertz CT molecular complexity index is 438. The highest BCUT2D eigenvalue weighted by atomic mass is 16.4. The number of aliphatic hydroxyl groups excluding tert-OH is 1. The minimum absolute atomic E-state index is 0.0580. The summed E-state index contributed by atoms with van der Waals surface area (Å²) in [5.41, 5.74) is -0.0580. The lowest BCUT2D eigenvalue weighted by Gasteiger charge is -2.31. The number of aromatic carboxylic acids is 1. The van der Waals surface area contributed by atoms with Gasteiger partial charge >= 0.3 is 5.97 Å². The smallest absolute Gasteiger partial charge is 0.356 e. The van der Waals surface area contributed by atoms with Crippen molar-refractivity contribution in [3.63, 3.8) is 0 Å². The Labute approximate surface area is 117 Å². The molecule has 1 aromatic heterocycles. The number of likely N-dealkylation sites (tertiary alicyclic amines) is 1. The summed E-state index contributed by atoms with van der Waals surface area (Å²) in [7, 11) is 0. The molecule has 7 nitrogen and oxygen atoms in total. The minimum atomic E-state index is -1.08. The molecule has 2 rings (SSSR count). The van der Waals surface area contributed by atoms with Gasteiger partial charge in [0, 0.05) is 26.2 Å². The summed E-state index contributed by atoms with van der Waals surface area (Å²) >= 11 is 0. The van der Waals surface area contributed by atoms with Crippen LogP contribution in [0.1, 0.15) is 23.3 Å². The van der Waals surface area contributed by atoms with Gasteiger partial charge in [0.15, 0.2) is 5.69 Å². The molecule has 0 aliphatic carbocycles. The van der Waals surface area contributed by atoms with E-state index in [2.05, 4.69) is 20.4 Å². The molecular weight excluding hydrogens is 260 g/mol. The Morgan fingerprint density at radius 3 is 2.95 bits per heavy atom. The fourth-order valence-corrected chi connectivity index (χ4v) is 2.39. The summed E-state index contributed by atoms with van der Waals surface area (Å²) in [4.78, 5) is 13.0. The molecule has 110 valence electrons. The number of nitrogens with one attached hydrogen (secondary N) is 1. The van der Waals surface area contributed by atoms with Gasteiger partial charge in [0.05, 0.1) is 0 Å². The molecule has 1 saturated heterocycles.